The van der Waals surface area contributed by atoms with Crippen LogP contribution >= 0.6 is 0 Å². The van der Waals surface area contributed by atoms with Gasteiger partial charge < -0.3 is 14.8 Å². The predicted molar refractivity (Wildman–Crippen MR) is 97.0 cm³/mol. The van der Waals surface area contributed by atoms with E-state index in [2.05, 4.69) is 15.0 Å². The van der Waals surface area contributed by atoms with E-state index < -0.39 is 15.9 Å². The first-order valence-electron chi connectivity index (χ1n) is 7.80. The molecule has 0 aliphatic rings. The average molecular weight is 379 g/mol. The van der Waals surface area contributed by atoms with Gasteiger partial charge >= 0.3 is 0 Å². The first kappa shape index (κ1) is 19.8. The predicted octanol–water partition coefficient (Wildman–Crippen LogP) is 1.58. The van der Waals surface area contributed by atoms with Crippen LogP contribution in [0.5, 0.6) is 5.88 Å². The third-order valence-electron chi connectivity index (χ3n) is 3.56. The summed E-state index contributed by atoms with van der Waals surface area (Å²) in [5.74, 6) is -0.0103. The summed E-state index contributed by atoms with van der Waals surface area (Å²) in [6.07, 6.45) is 1.46. The number of methoxy groups -OCH3 is 1. The Morgan fingerprint density at radius 1 is 1.19 bits per heavy atom. The van der Waals surface area contributed by atoms with E-state index >= 15 is 0 Å². The van der Waals surface area contributed by atoms with Crippen molar-refractivity contribution in [2.75, 3.05) is 32.7 Å². The standard InChI is InChI=1S/C17H21N3O5S/c1-12-4-6-14(26(22,23)18-2)10-15(12)17(21)20-13-5-7-16(19-11-13)25-9-8-24-3/h4-7,10-11,18H,8-9H2,1-3H3,(H,20,21). The van der Waals surface area contributed by atoms with Gasteiger partial charge in [0, 0.05) is 18.7 Å². The van der Waals surface area contributed by atoms with Gasteiger partial charge in [0.2, 0.25) is 15.9 Å². The summed E-state index contributed by atoms with van der Waals surface area (Å²) in [6.45, 7) is 2.56. The Morgan fingerprint density at radius 2 is 1.96 bits per heavy atom. The van der Waals surface area contributed by atoms with Crippen molar-refractivity contribution in [2.24, 2.45) is 0 Å². The van der Waals surface area contributed by atoms with E-state index in [0.29, 0.717) is 30.3 Å². The minimum atomic E-state index is -3.63. The minimum absolute atomic E-state index is 0.0239. The molecule has 0 saturated heterocycles. The van der Waals surface area contributed by atoms with Crippen LogP contribution in [0.2, 0.25) is 0 Å². The second-order valence-electron chi connectivity index (χ2n) is 5.36. The normalized spacial score (nSPS) is 11.2. The van der Waals surface area contributed by atoms with Crippen molar-refractivity contribution in [3.05, 3.63) is 47.7 Å². The SMILES string of the molecule is CNS(=O)(=O)c1ccc(C)c(C(=O)Nc2ccc(OCCOC)nc2)c1. The summed E-state index contributed by atoms with van der Waals surface area (Å²) in [5, 5.41) is 2.69. The Balaban J connectivity index is 2.13. The largest absolute Gasteiger partial charge is 0.475 e. The number of pyridine rings is 1. The molecule has 2 N–H and O–H groups in total. The highest BCUT2D eigenvalue weighted by Crippen LogP contribution is 2.18. The fraction of sp³-hybridized carbons (Fsp3) is 0.294. The molecule has 1 aromatic carbocycles. The Bertz CT molecular complexity index is 866. The molecule has 8 nitrogen and oxygen atoms in total. The number of aromatic nitrogens is 1. The van der Waals surface area contributed by atoms with Crippen LogP contribution in [0, 0.1) is 6.92 Å². The van der Waals surface area contributed by atoms with Gasteiger partial charge in [0.25, 0.3) is 5.91 Å². The van der Waals surface area contributed by atoms with Crippen molar-refractivity contribution in [1.82, 2.24) is 9.71 Å². The van der Waals surface area contributed by atoms with E-state index in [1.165, 1.54) is 25.4 Å². The summed E-state index contributed by atoms with van der Waals surface area (Å²) < 4.78 is 36.3. The third-order valence-corrected chi connectivity index (χ3v) is 4.98. The number of carbonyl (C=O) groups is 1. The molecule has 0 unspecified atom stereocenters. The maximum atomic E-state index is 12.5. The molecule has 9 heteroatoms. The zero-order valence-corrected chi connectivity index (χ0v) is 15.6. The number of carbonyl (C=O) groups excluding carboxylic acids is 1. The third kappa shape index (κ3) is 5.01. The molecule has 2 rings (SSSR count). The molecule has 1 heterocycles. The first-order valence-corrected chi connectivity index (χ1v) is 9.29. The number of hydrogen-bond donors (Lipinski definition) is 2. The van der Waals surface area contributed by atoms with Crippen LogP contribution in [0.1, 0.15) is 15.9 Å². The summed E-state index contributed by atoms with van der Waals surface area (Å²) in [4.78, 5) is 16.6. The van der Waals surface area contributed by atoms with E-state index in [1.54, 1.807) is 32.2 Å². The molecule has 0 atom stereocenters. The number of ether oxygens (including phenoxy) is 2. The van der Waals surface area contributed by atoms with Gasteiger partial charge in [0.05, 0.1) is 23.4 Å². The van der Waals surface area contributed by atoms with Crippen LogP contribution in [0.25, 0.3) is 0 Å². The highest BCUT2D eigenvalue weighted by atomic mass is 32.2. The van der Waals surface area contributed by atoms with Crippen LogP contribution in [-0.4, -0.2) is 46.7 Å². The van der Waals surface area contributed by atoms with E-state index in [0.717, 1.165) is 0 Å². The average Bonchev–Trinajstić information content (AvgIpc) is 2.63. The Kier molecular flexibility index (Phi) is 6.67. The van der Waals surface area contributed by atoms with Crippen LogP contribution in [0.3, 0.4) is 0 Å². The number of nitrogens with zero attached hydrogens (tertiary/aromatic N) is 1. The number of nitrogens with one attached hydrogen (secondary N) is 2. The number of amides is 1. The quantitative estimate of drug-likeness (QED) is 0.675. The van der Waals surface area contributed by atoms with Crippen molar-refractivity contribution in [3.8, 4) is 5.88 Å². The number of benzene rings is 1. The molecule has 1 amide bonds. The van der Waals surface area contributed by atoms with Crippen LogP contribution in [0.4, 0.5) is 5.69 Å². The monoisotopic (exact) mass is 379 g/mol. The van der Waals surface area contributed by atoms with Gasteiger partial charge in [0.15, 0.2) is 0 Å². The van der Waals surface area contributed by atoms with Crippen molar-refractivity contribution < 1.29 is 22.7 Å². The van der Waals surface area contributed by atoms with Gasteiger partial charge in [-0.15, -0.1) is 0 Å². The molecule has 0 aliphatic carbocycles. The van der Waals surface area contributed by atoms with Gasteiger partial charge in [-0.1, -0.05) is 6.07 Å². The molecule has 0 saturated carbocycles. The lowest BCUT2D eigenvalue weighted by molar-refractivity contribution is 0.102. The summed E-state index contributed by atoms with van der Waals surface area (Å²) in [5.41, 5.74) is 1.39. The Hall–Kier alpha value is -2.49. The number of sulfonamides is 1. The molecular formula is C17H21N3O5S. The van der Waals surface area contributed by atoms with Gasteiger partial charge in [-0.05, 0) is 37.7 Å². The molecular weight excluding hydrogens is 358 g/mol. The van der Waals surface area contributed by atoms with Gasteiger partial charge in [-0.25, -0.2) is 18.1 Å². The number of aryl methyl sites for hydroxylation is 1. The minimum Gasteiger partial charge on any atom is -0.475 e. The number of hydrogen-bond acceptors (Lipinski definition) is 6. The Morgan fingerprint density at radius 3 is 2.58 bits per heavy atom. The molecule has 26 heavy (non-hydrogen) atoms. The molecule has 2 aromatic rings. The second kappa shape index (κ2) is 8.75. The highest BCUT2D eigenvalue weighted by Gasteiger charge is 2.16. The molecule has 140 valence electrons. The summed E-state index contributed by atoms with van der Waals surface area (Å²) in [6, 6.07) is 7.65. The lowest BCUT2D eigenvalue weighted by atomic mass is 10.1. The number of rotatable bonds is 8. The topological polar surface area (TPSA) is 107 Å². The maximum absolute atomic E-state index is 12.5. The Labute approximate surface area is 152 Å². The van der Waals surface area contributed by atoms with E-state index in [4.69, 9.17) is 9.47 Å². The van der Waals surface area contributed by atoms with E-state index in [-0.39, 0.29) is 10.5 Å². The van der Waals surface area contributed by atoms with Gasteiger partial charge in [-0.2, -0.15) is 0 Å². The molecule has 1 aromatic heterocycles. The smallest absolute Gasteiger partial charge is 0.256 e. The van der Waals surface area contributed by atoms with Gasteiger partial charge in [-0.3, -0.25) is 4.79 Å². The maximum Gasteiger partial charge on any atom is 0.256 e. The summed E-state index contributed by atoms with van der Waals surface area (Å²) in [7, 11) is -0.736. The van der Waals surface area contributed by atoms with Crippen molar-refractivity contribution in [3.63, 3.8) is 0 Å². The van der Waals surface area contributed by atoms with Gasteiger partial charge in [0.1, 0.15) is 6.61 Å². The molecule has 0 radical (unpaired) electrons. The highest BCUT2D eigenvalue weighted by molar-refractivity contribution is 7.89. The molecule has 0 aliphatic heterocycles. The molecule has 0 fully saturated rings. The molecule has 0 spiro atoms. The first-order chi connectivity index (χ1) is 12.4. The van der Waals surface area contributed by atoms with Crippen molar-refractivity contribution in [1.29, 1.82) is 0 Å². The fourth-order valence-electron chi connectivity index (χ4n) is 2.10. The second-order valence-corrected chi connectivity index (χ2v) is 7.25. The number of anilines is 1. The van der Waals surface area contributed by atoms with Crippen molar-refractivity contribution in [2.45, 2.75) is 11.8 Å². The van der Waals surface area contributed by atoms with E-state index in [1.807, 2.05) is 0 Å². The molecule has 0 bridgehead atoms. The van der Waals surface area contributed by atoms with Crippen LogP contribution in [0.15, 0.2) is 41.4 Å². The fourth-order valence-corrected chi connectivity index (χ4v) is 2.85. The lowest BCUT2D eigenvalue weighted by Gasteiger charge is -2.10. The zero-order valence-electron chi connectivity index (χ0n) is 14.8. The zero-order chi connectivity index (χ0) is 19.2. The van der Waals surface area contributed by atoms with Crippen LogP contribution < -0.4 is 14.8 Å². The lowest BCUT2D eigenvalue weighted by Crippen LogP contribution is -2.20. The summed E-state index contributed by atoms with van der Waals surface area (Å²) >= 11 is 0. The van der Waals surface area contributed by atoms with E-state index in [9.17, 15) is 13.2 Å². The van der Waals surface area contributed by atoms with Crippen molar-refractivity contribution >= 4 is 21.6 Å². The van der Waals surface area contributed by atoms with Crippen LogP contribution in [-0.2, 0) is 14.8 Å².